The number of carbonyl (C=O) groups is 2. The topological polar surface area (TPSA) is 62.4 Å². The predicted octanol–water partition coefficient (Wildman–Crippen LogP) is 7.17. The Morgan fingerprint density at radius 1 is 0.974 bits per heavy atom. The molecule has 1 amide bonds. The van der Waals surface area contributed by atoms with Crippen LogP contribution in [-0.4, -0.2) is 23.8 Å². The summed E-state index contributed by atoms with van der Waals surface area (Å²) in [5, 5.41) is 0.974. The average Bonchev–Trinajstić information content (AvgIpc) is 3.35. The van der Waals surface area contributed by atoms with Gasteiger partial charge in [0.1, 0.15) is 17.6 Å². The van der Waals surface area contributed by atoms with Gasteiger partial charge in [-0.25, -0.2) is 4.39 Å². The Bertz CT molecular complexity index is 1390. The number of aromatic amines is 1. The standard InChI is InChI=1S/C32H33FN2O3/c1-38-27-17-15-26(16-18-27)35(31(37)20-24-21-34-29-10-6-5-9-28(24)29)32(23-11-13-25(33)14-12-23)30(36)19-22-7-3-2-4-8-22/h5-6,9-18,21-22,32,34H,2-4,7-8,19-20H2,1H3. The first-order valence-corrected chi connectivity index (χ1v) is 13.3. The van der Waals surface area contributed by atoms with Gasteiger partial charge in [-0.05, 0) is 59.5 Å². The molecule has 5 rings (SSSR count). The molecule has 1 aliphatic carbocycles. The van der Waals surface area contributed by atoms with E-state index in [0.717, 1.165) is 42.1 Å². The van der Waals surface area contributed by atoms with E-state index in [1.165, 1.54) is 18.6 Å². The number of para-hydroxylation sites is 1. The molecule has 0 bridgehead atoms. The monoisotopic (exact) mass is 512 g/mol. The molecule has 4 aromatic rings. The van der Waals surface area contributed by atoms with Crippen LogP contribution in [0.15, 0.2) is 79.0 Å². The third-order valence-electron chi connectivity index (χ3n) is 7.60. The number of hydrogen-bond acceptors (Lipinski definition) is 3. The molecule has 1 aromatic heterocycles. The van der Waals surface area contributed by atoms with Crippen molar-refractivity contribution in [1.29, 1.82) is 0 Å². The zero-order valence-corrected chi connectivity index (χ0v) is 21.7. The van der Waals surface area contributed by atoms with Gasteiger partial charge >= 0.3 is 0 Å². The molecule has 0 aliphatic heterocycles. The zero-order valence-electron chi connectivity index (χ0n) is 21.7. The number of ketones is 1. The Morgan fingerprint density at radius 3 is 2.39 bits per heavy atom. The van der Waals surface area contributed by atoms with E-state index in [2.05, 4.69) is 4.98 Å². The lowest BCUT2D eigenvalue weighted by atomic mass is 9.83. The lowest BCUT2D eigenvalue weighted by molar-refractivity contribution is -0.125. The molecule has 0 saturated heterocycles. The van der Waals surface area contributed by atoms with Crippen LogP contribution in [0.4, 0.5) is 10.1 Å². The van der Waals surface area contributed by atoms with E-state index in [0.29, 0.717) is 29.3 Å². The number of Topliss-reactive ketones (excluding diaryl/α,β-unsaturated/α-hetero) is 1. The highest BCUT2D eigenvalue weighted by Gasteiger charge is 2.34. The molecule has 3 aromatic carbocycles. The van der Waals surface area contributed by atoms with E-state index in [9.17, 15) is 14.0 Å². The maximum Gasteiger partial charge on any atom is 0.232 e. The van der Waals surface area contributed by atoms with Crippen LogP contribution in [0.5, 0.6) is 5.75 Å². The summed E-state index contributed by atoms with van der Waals surface area (Å²) in [4.78, 5) is 33.0. The van der Waals surface area contributed by atoms with Crippen LogP contribution in [0.2, 0.25) is 0 Å². The highest BCUT2D eigenvalue weighted by atomic mass is 19.1. The van der Waals surface area contributed by atoms with E-state index in [4.69, 9.17) is 4.74 Å². The minimum Gasteiger partial charge on any atom is -0.497 e. The summed E-state index contributed by atoms with van der Waals surface area (Å²) in [6.07, 6.45) is 7.86. The Labute approximate surface area is 222 Å². The second kappa shape index (κ2) is 11.6. The normalized spacial score (nSPS) is 14.8. The van der Waals surface area contributed by atoms with Crippen LogP contribution < -0.4 is 9.64 Å². The van der Waals surface area contributed by atoms with Gasteiger partial charge in [-0.15, -0.1) is 0 Å². The molecule has 5 nitrogen and oxygen atoms in total. The van der Waals surface area contributed by atoms with Crippen LogP contribution in [0.3, 0.4) is 0 Å². The minimum absolute atomic E-state index is 0.0217. The minimum atomic E-state index is -0.858. The lowest BCUT2D eigenvalue weighted by Crippen LogP contribution is -2.40. The molecule has 1 heterocycles. The smallest absolute Gasteiger partial charge is 0.232 e. The number of rotatable bonds is 9. The predicted molar refractivity (Wildman–Crippen MR) is 148 cm³/mol. The van der Waals surface area contributed by atoms with Gasteiger partial charge in [-0.2, -0.15) is 0 Å². The molecule has 0 spiro atoms. The number of benzene rings is 3. The summed E-state index contributed by atoms with van der Waals surface area (Å²) in [7, 11) is 1.59. The van der Waals surface area contributed by atoms with Gasteiger partial charge in [0.05, 0.1) is 13.5 Å². The van der Waals surface area contributed by atoms with Crippen molar-refractivity contribution in [2.24, 2.45) is 5.92 Å². The highest BCUT2D eigenvalue weighted by molar-refractivity contribution is 6.04. The fraction of sp³-hybridized carbons (Fsp3) is 0.312. The molecular weight excluding hydrogens is 479 g/mol. The molecule has 196 valence electrons. The molecule has 1 unspecified atom stereocenters. The van der Waals surface area contributed by atoms with Gasteiger partial charge in [-0.1, -0.05) is 62.4 Å². The second-order valence-corrected chi connectivity index (χ2v) is 10.1. The number of methoxy groups -OCH3 is 1. The fourth-order valence-electron chi connectivity index (χ4n) is 5.62. The molecule has 1 fully saturated rings. The first-order valence-electron chi connectivity index (χ1n) is 13.3. The molecule has 1 N–H and O–H groups in total. The number of nitrogens with zero attached hydrogens (tertiary/aromatic N) is 1. The molecule has 1 saturated carbocycles. The Kier molecular flexibility index (Phi) is 7.87. The number of nitrogens with one attached hydrogen (secondary N) is 1. The van der Waals surface area contributed by atoms with Crippen molar-refractivity contribution in [3.05, 3.63) is 95.9 Å². The third kappa shape index (κ3) is 5.64. The number of amides is 1. The molecule has 38 heavy (non-hydrogen) atoms. The number of anilines is 1. The lowest BCUT2D eigenvalue weighted by Gasteiger charge is -2.33. The SMILES string of the molecule is COc1ccc(N(C(=O)Cc2c[nH]c3ccccc23)C(C(=O)CC2CCCCC2)c2ccc(F)cc2)cc1. The van der Waals surface area contributed by atoms with Gasteiger partial charge in [0.2, 0.25) is 5.91 Å². The zero-order chi connectivity index (χ0) is 26.5. The number of hydrogen-bond donors (Lipinski definition) is 1. The molecule has 1 aliphatic rings. The van der Waals surface area contributed by atoms with Gasteiger partial charge in [0.15, 0.2) is 5.78 Å². The number of aromatic nitrogens is 1. The quantitative estimate of drug-likeness (QED) is 0.259. The van der Waals surface area contributed by atoms with Crippen molar-refractivity contribution < 1.29 is 18.7 Å². The summed E-state index contributed by atoms with van der Waals surface area (Å²) in [6, 6.07) is 20.1. The summed E-state index contributed by atoms with van der Waals surface area (Å²) in [5.74, 6) is 0.358. The molecule has 0 radical (unpaired) electrons. The summed E-state index contributed by atoms with van der Waals surface area (Å²) in [5.41, 5.74) is 3.02. The summed E-state index contributed by atoms with van der Waals surface area (Å²) < 4.78 is 19.2. The highest BCUT2D eigenvalue weighted by Crippen LogP contribution is 2.35. The van der Waals surface area contributed by atoms with E-state index >= 15 is 0 Å². The average molecular weight is 513 g/mol. The third-order valence-corrected chi connectivity index (χ3v) is 7.60. The maximum absolute atomic E-state index is 14.1. The van der Waals surface area contributed by atoms with Crippen molar-refractivity contribution in [3.63, 3.8) is 0 Å². The maximum atomic E-state index is 14.1. The van der Waals surface area contributed by atoms with E-state index in [1.807, 2.05) is 30.5 Å². The number of ether oxygens (including phenoxy) is 1. The van der Waals surface area contributed by atoms with E-state index in [1.54, 1.807) is 48.4 Å². The van der Waals surface area contributed by atoms with Gasteiger partial charge < -0.3 is 9.72 Å². The van der Waals surface area contributed by atoms with Crippen LogP contribution in [0, 0.1) is 11.7 Å². The van der Waals surface area contributed by atoms with E-state index in [-0.39, 0.29) is 23.9 Å². The Balaban J connectivity index is 1.55. The Hall–Kier alpha value is -3.93. The first-order chi connectivity index (χ1) is 18.5. The van der Waals surface area contributed by atoms with Gasteiger partial charge in [0.25, 0.3) is 0 Å². The number of fused-ring (bicyclic) bond motifs is 1. The van der Waals surface area contributed by atoms with Gasteiger partial charge in [-0.3, -0.25) is 14.5 Å². The number of carbonyl (C=O) groups excluding carboxylic acids is 2. The van der Waals surface area contributed by atoms with Crippen LogP contribution in [-0.2, 0) is 16.0 Å². The molecular formula is C32H33FN2O3. The first kappa shape index (κ1) is 25.7. The summed E-state index contributed by atoms with van der Waals surface area (Å²) in [6.45, 7) is 0. The van der Waals surface area contributed by atoms with Crippen LogP contribution in [0.25, 0.3) is 10.9 Å². The molecule has 1 atom stereocenters. The van der Waals surface area contributed by atoms with Crippen molar-refractivity contribution >= 4 is 28.3 Å². The second-order valence-electron chi connectivity index (χ2n) is 10.1. The molecule has 6 heteroatoms. The van der Waals surface area contributed by atoms with Crippen LogP contribution >= 0.6 is 0 Å². The van der Waals surface area contributed by atoms with Gasteiger partial charge in [0, 0.05) is 29.2 Å². The van der Waals surface area contributed by atoms with Crippen molar-refractivity contribution in [2.75, 3.05) is 12.0 Å². The Morgan fingerprint density at radius 2 is 1.68 bits per heavy atom. The van der Waals surface area contributed by atoms with Crippen molar-refractivity contribution in [1.82, 2.24) is 4.98 Å². The fourth-order valence-corrected chi connectivity index (χ4v) is 5.62. The van der Waals surface area contributed by atoms with Crippen molar-refractivity contribution in [3.8, 4) is 5.75 Å². The van der Waals surface area contributed by atoms with Crippen molar-refractivity contribution in [2.45, 2.75) is 51.0 Å². The number of halogens is 1. The van der Waals surface area contributed by atoms with Crippen LogP contribution in [0.1, 0.15) is 55.7 Å². The largest absolute Gasteiger partial charge is 0.497 e. The van der Waals surface area contributed by atoms with E-state index < -0.39 is 6.04 Å². The summed E-state index contributed by atoms with van der Waals surface area (Å²) >= 11 is 0. The number of H-pyrrole nitrogens is 1.